The molecule has 0 radical (unpaired) electrons. The summed E-state index contributed by atoms with van der Waals surface area (Å²) in [4.78, 5) is 65.4. The number of carbonyl (C=O) groups is 5. The van der Waals surface area contributed by atoms with Crippen molar-refractivity contribution in [2.75, 3.05) is 20.8 Å². The molecule has 0 amide bonds. The second kappa shape index (κ2) is 12.4. The summed E-state index contributed by atoms with van der Waals surface area (Å²) in [7, 11) is 2.68. The number of ether oxygens (including phenoxy) is 5. The van der Waals surface area contributed by atoms with Gasteiger partial charge in [0.1, 0.15) is 18.1 Å². The first-order valence-corrected chi connectivity index (χ1v) is 17.8. The zero-order chi connectivity index (χ0) is 36.5. The highest BCUT2D eigenvalue weighted by molar-refractivity contribution is 5.81. The molecule has 0 aromatic heterocycles. The second-order valence-corrected chi connectivity index (χ2v) is 16.7. The second-order valence-electron chi connectivity index (χ2n) is 16.7. The van der Waals surface area contributed by atoms with Crippen LogP contribution in [0.4, 0.5) is 0 Å². The standard InChI is InChI=1S/C38H56O11/c1-21-13-16-37(31(42)45-9)18-17-34(6)25(29(37)36(21,8)44)11-12-27-33(5)19-26(48-23(3)40)30(49-24(4)41)38(32(43)46-10,20-47-22(2)39)28(33)14-15-35(27,34)7/h11,21,26-30,44H,12-20H2,1-10H3/t21-,26-,27-,28-,29-,30-,33-,34-,35-,36-,37+,38-/m1/s1. The predicted octanol–water partition coefficient (Wildman–Crippen LogP) is 5.10. The van der Waals surface area contributed by atoms with Crippen molar-refractivity contribution in [2.45, 2.75) is 125 Å². The van der Waals surface area contributed by atoms with E-state index in [9.17, 15) is 29.1 Å². The number of hydrogen-bond donors (Lipinski definition) is 1. The van der Waals surface area contributed by atoms with Crippen LogP contribution in [0.25, 0.3) is 0 Å². The highest BCUT2D eigenvalue weighted by Gasteiger charge is 2.75. The first kappa shape index (κ1) is 37.3. The fraction of sp³-hybridized carbons (Fsp3) is 0.816. The average molecular weight is 689 g/mol. The Hall–Kier alpha value is -2.95. The number of fused-ring (bicyclic) bond motifs is 7. The van der Waals surface area contributed by atoms with Gasteiger partial charge in [-0.25, -0.2) is 0 Å². The smallest absolute Gasteiger partial charge is 0.319 e. The molecule has 0 unspecified atom stereocenters. The molecule has 12 atom stereocenters. The number of rotatable bonds is 6. The van der Waals surface area contributed by atoms with Crippen LogP contribution in [0.1, 0.15) is 107 Å². The minimum Gasteiger partial charge on any atom is -0.469 e. The highest BCUT2D eigenvalue weighted by Crippen LogP contribution is 2.76. The van der Waals surface area contributed by atoms with Gasteiger partial charge in [0.15, 0.2) is 6.10 Å². The van der Waals surface area contributed by atoms with Gasteiger partial charge in [-0.3, -0.25) is 24.0 Å². The minimum atomic E-state index is -1.65. The maximum atomic E-state index is 14.2. The summed E-state index contributed by atoms with van der Waals surface area (Å²) < 4.78 is 28.3. The molecule has 11 nitrogen and oxygen atoms in total. The van der Waals surface area contributed by atoms with Crippen LogP contribution in [0.15, 0.2) is 11.6 Å². The Morgan fingerprint density at radius 2 is 1.45 bits per heavy atom. The molecule has 274 valence electrons. The normalized spacial score (nSPS) is 45.5. The first-order valence-electron chi connectivity index (χ1n) is 17.8. The van der Waals surface area contributed by atoms with Gasteiger partial charge in [-0.1, -0.05) is 39.3 Å². The summed E-state index contributed by atoms with van der Waals surface area (Å²) >= 11 is 0. The molecule has 0 aromatic rings. The largest absolute Gasteiger partial charge is 0.469 e. The van der Waals surface area contributed by atoms with Gasteiger partial charge >= 0.3 is 29.8 Å². The van der Waals surface area contributed by atoms with E-state index in [1.54, 1.807) is 0 Å². The fourth-order valence-corrected chi connectivity index (χ4v) is 12.2. The number of carbonyl (C=O) groups excluding carboxylic acids is 5. The van der Waals surface area contributed by atoms with Crippen LogP contribution in [0.2, 0.25) is 0 Å². The third kappa shape index (κ3) is 5.17. The first-order chi connectivity index (χ1) is 22.7. The summed E-state index contributed by atoms with van der Waals surface area (Å²) in [6, 6.07) is 0. The van der Waals surface area contributed by atoms with E-state index in [2.05, 4.69) is 33.8 Å². The van der Waals surface area contributed by atoms with Crippen molar-refractivity contribution in [1.82, 2.24) is 0 Å². The van der Waals surface area contributed by atoms with Crippen LogP contribution in [-0.2, 0) is 47.7 Å². The number of aliphatic hydroxyl groups is 1. The summed E-state index contributed by atoms with van der Waals surface area (Å²) in [6.07, 6.45) is 4.69. The van der Waals surface area contributed by atoms with E-state index in [0.717, 1.165) is 12.0 Å². The molecular formula is C38H56O11. The molecule has 1 N–H and O–H groups in total. The maximum Gasteiger partial charge on any atom is 0.319 e. The van der Waals surface area contributed by atoms with Crippen LogP contribution in [-0.4, -0.2) is 73.6 Å². The highest BCUT2D eigenvalue weighted by atomic mass is 16.6. The van der Waals surface area contributed by atoms with E-state index in [-0.39, 0.29) is 23.2 Å². The lowest BCUT2D eigenvalue weighted by molar-refractivity contribution is -0.263. The quantitative estimate of drug-likeness (QED) is 0.225. The Morgan fingerprint density at radius 3 is 2.02 bits per heavy atom. The van der Waals surface area contributed by atoms with Crippen molar-refractivity contribution in [3.8, 4) is 0 Å². The van der Waals surface area contributed by atoms with Crippen molar-refractivity contribution >= 4 is 29.8 Å². The number of methoxy groups -OCH3 is 2. The van der Waals surface area contributed by atoms with Crippen molar-refractivity contribution in [1.29, 1.82) is 0 Å². The maximum absolute atomic E-state index is 14.2. The van der Waals surface area contributed by atoms with Crippen molar-refractivity contribution in [2.24, 2.45) is 50.7 Å². The third-order valence-electron chi connectivity index (χ3n) is 14.7. The Bertz CT molecular complexity index is 1430. The SMILES string of the molecule is COC(=O)[C@]12CC[C@@H](C)[C@@](C)(O)[C@H]1C1=CC[C@@H]3[C@@]4(C)C[C@@H](OC(C)=O)[C@@H](OC(C)=O)[C@](COC(C)=O)(C(=O)OC)[C@@H]4CC[C@@]3(C)[C@]1(C)CC2. The van der Waals surface area contributed by atoms with E-state index in [1.165, 1.54) is 35.0 Å². The van der Waals surface area contributed by atoms with Gasteiger partial charge in [-0.2, -0.15) is 0 Å². The Labute approximate surface area is 290 Å². The van der Waals surface area contributed by atoms with E-state index < -0.39 is 81.8 Å². The lowest BCUT2D eigenvalue weighted by Gasteiger charge is -2.72. The van der Waals surface area contributed by atoms with Crippen LogP contribution in [0, 0.1) is 50.7 Å². The van der Waals surface area contributed by atoms with Gasteiger partial charge in [-0.15, -0.1) is 0 Å². The minimum absolute atomic E-state index is 0.0275. The van der Waals surface area contributed by atoms with Crippen molar-refractivity contribution < 1.29 is 52.8 Å². The van der Waals surface area contributed by atoms with Gasteiger partial charge < -0.3 is 28.8 Å². The van der Waals surface area contributed by atoms with E-state index in [4.69, 9.17) is 23.7 Å². The van der Waals surface area contributed by atoms with E-state index in [1.807, 2.05) is 6.92 Å². The molecule has 49 heavy (non-hydrogen) atoms. The molecule has 4 saturated carbocycles. The monoisotopic (exact) mass is 688 g/mol. The molecule has 5 aliphatic carbocycles. The van der Waals surface area contributed by atoms with E-state index >= 15 is 0 Å². The van der Waals surface area contributed by atoms with Gasteiger partial charge in [0.05, 0.1) is 25.2 Å². The molecule has 5 rings (SSSR count). The van der Waals surface area contributed by atoms with Gasteiger partial charge in [0.25, 0.3) is 0 Å². The molecule has 0 heterocycles. The fourth-order valence-electron chi connectivity index (χ4n) is 12.2. The lowest BCUT2D eigenvalue weighted by atomic mass is 9.32. The molecule has 0 aliphatic heterocycles. The third-order valence-corrected chi connectivity index (χ3v) is 14.7. The van der Waals surface area contributed by atoms with Gasteiger partial charge in [0.2, 0.25) is 0 Å². The predicted molar refractivity (Wildman–Crippen MR) is 176 cm³/mol. The molecule has 0 saturated heterocycles. The summed E-state index contributed by atoms with van der Waals surface area (Å²) in [6.45, 7) is 14.0. The molecule has 11 heteroatoms. The molecular weight excluding hydrogens is 632 g/mol. The Balaban J connectivity index is 1.71. The van der Waals surface area contributed by atoms with Crippen LogP contribution in [0.5, 0.6) is 0 Å². The lowest BCUT2D eigenvalue weighted by Crippen LogP contribution is -2.72. The number of esters is 5. The van der Waals surface area contributed by atoms with Gasteiger partial charge in [0, 0.05) is 26.7 Å². The van der Waals surface area contributed by atoms with Crippen molar-refractivity contribution in [3.05, 3.63) is 11.6 Å². The van der Waals surface area contributed by atoms with Crippen molar-refractivity contribution in [3.63, 3.8) is 0 Å². The summed E-state index contributed by atoms with van der Waals surface area (Å²) in [5, 5.41) is 12.3. The Kier molecular flexibility index (Phi) is 9.42. The Morgan fingerprint density at radius 1 is 0.816 bits per heavy atom. The average Bonchev–Trinajstić information content (AvgIpc) is 3.01. The summed E-state index contributed by atoms with van der Waals surface area (Å²) in [5.41, 5.74) is -4.02. The zero-order valence-corrected chi connectivity index (χ0v) is 30.9. The van der Waals surface area contributed by atoms with Crippen LogP contribution >= 0.6 is 0 Å². The molecule has 0 bridgehead atoms. The number of hydrogen-bond acceptors (Lipinski definition) is 11. The van der Waals surface area contributed by atoms with Gasteiger partial charge in [-0.05, 0) is 92.3 Å². The topological polar surface area (TPSA) is 152 Å². The summed E-state index contributed by atoms with van der Waals surface area (Å²) in [5.74, 6) is -3.82. The van der Waals surface area contributed by atoms with E-state index in [0.29, 0.717) is 44.9 Å². The van der Waals surface area contributed by atoms with Crippen LogP contribution < -0.4 is 0 Å². The molecule has 4 fully saturated rings. The zero-order valence-electron chi connectivity index (χ0n) is 30.9. The number of allylic oxidation sites excluding steroid dienone is 1. The molecule has 0 aromatic carbocycles. The molecule has 0 spiro atoms. The van der Waals surface area contributed by atoms with Crippen LogP contribution in [0.3, 0.4) is 0 Å². The molecule has 5 aliphatic rings.